The van der Waals surface area contributed by atoms with Crippen molar-refractivity contribution in [2.45, 2.75) is 25.7 Å². The SMILES string of the molecule is C1=C(c2cnc3ccccc3c2)CCCC1. The lowest BCUT2D eigenvalue weighted by molar-refractivity contribution is 0.742. The Bertz CT molecular complexity index is 540. The van der Waals surface area contributed by atoms with E-state index in [0.29, 0.717) is 0 Å². The van der Waals surface area contributed by atoms with Gasteiger partial charge in [0, 0.05) is 11.6 Å². The van der Waals surface area contributed by atoms with Crippen molar-refractivity contribution >= 4 is 16.5 Å². The average Bonchev–Trinajstić information content (AvgIpc) is 2.39. The van der Waals surface area contributed by atoms with Crippen LogP contribution in [0.2, 0.25) is 0 Å². The maximum absolute atomic E-state index is 4.52. The number of hydrogen-bond acceptors (Lipinski definition) is 1. The van der Waals surface area contributed by atoms with E-state index in [1.54, 1.807) is 0 Å². The number of allylic oxidation sites excluding steroid dienone is 2. The molecule has 3 rings (SSSR count). The first kappa shape index (κ1) is 9.59. The predicted octanol–water partition coefficient (Wildman–Crippen LogP) is 4.19. The molecule has 0 amide bonds. The van der Waals surface area contributed by atoms with Crippen LogP contribution in [0.1, 0.15) is 31.2 Å². The van der Waals surface area contributed by atoms with Crippen LogP contribution in [0.3, 0.4) is 0 Å². The van der Waals surface area contributed by atoms with Gasteiger partial charge in [-0.3, -0.25) is 4.98 Å². The van der Waals surface area contributed by atoms with E-state index in [1.807, 2.05) is 12.3 Å². The molecule has 0 N–H and O–H groups in total. The van der Waals surface area contributed by atoms with Crippen LogP contribution in [-0.2, 0) is 0 Å². The van der Waals surface area contributed by atoms with Crippen LogP contribution >= 0.6 is 0 Å². The van der Waals surface area contributed by atoms with Crippen molar-refractivity contribution in [1.82, 2.24) is 4.98 Å². The second-order valence-electron chi connectivity index (χ2n) is 4.39. The normalized spacial score (nSPS) is 16.1. The van der Waals surface area contributed by atoms with Crippen LogP contribution in [0, 0.1) is 0 Å². The van der Waals surface area contributed by atoms with Gasteiger partial charge in [-0.2, -0.15) is 0 Å². The topological polar surface area (TPSA) is 12.9 Å². The third-order valence-corrected chi connectivity index (χ3v) is 3.25. The third kappa shape index (κ3) is 1.73. The lowest BCUT2D eigenvalue weighted by atomic mass is 9.94. The van der Waals surface area contributed by atoms with Crippen LogP contribution in [-0.4, -0.2) is 4.98 Å². The van der Waals surface area contributed by atoms with Crippen LogP contribution < -0.4 is 0 Å². The highest BCUT2D eigenvalue weighted by molar-refractivity contribution is 5.82. The molecule has 2 aromatic rings. The Morgan fingerprint density at radius 3 is 2.88 bits per heavy atom. The summed E-state index contributed by atoms with van der Waals surface area (Å²) >= 11 is 0. The second kappa shape index (κ2) is 4.09. The molecule has 1 nitrogen and oxygen atoms in total. The van der Waals surface area contributed by atoms with E-state index in [-0.39, 0.29) is 0 Å². The van der Waals surface area contributed by atoms with Crippen molar-refractivity contribution in [3.05, 3.63) is 48.2 Å². The highest BCUT2D eigenvalue weighted by Gasteiger charge is 2.06. The predicted molar refractivity (Wildman–Crippen MR) is 68.2 cm³/mol. The molecule has 16 heavy (non-hydrogen) atoms. The number of rotatable bonds is 1. The lowest BCUT2D eigenvalue weighted by Crippen LogP contribution is -1.92. The minimum atomic E-state index is 1.09. The van der Waals surface area contributed by atoms with Gasteiger partial charge < -0.3 is 0 Å². The van der Waals surface area contributed by atoms with Gasteiger partial charge >= 0.3 is 0 Å². The zero-order chi connectivity index (χ0) is 10.8. The van der Waals surface area contributed by atoms with E-state index in [1.165, 1.54) is 42.2 Å². The monoisotopic (exact) mass is 209 g/mol. The lowest BCUT2D eigenvalue weighted by Gasteiger charge is -2.12. The standard InChI is InChI=1S/C15H15N/c1-2-6-12(7-3-1)14-10-13-8-4-5-9-15(13)16-11-14/h4-6,8-11H,1-3,7H2. The van der Waals surface area contributed by atoms with Crippen molar-refractivity contribution in [3.63, 3.8) is 0 Å². The van der Waals surface area contributed by atoms with Gasteiger partial charge in [0.1, 0.15) is 0 Å². The van der Waals surface area contributed by atoms with E-state index < -0.39 is 0 Å². The molecular formula is C15H15N. The van der Waals surface area contributed by atoms with Crippen LogP contribution in [0.25, 0.3) is 16.5 Å². The van der Waals surface area contributed by atoms with Gasteiger partial charge in [0.15, 0.2) is 0 Å². The number of nitrogens with zero attached hydrogens (tertiary/aromatic N) is 1. The first-order chi connectivity index (χ1) is 7.93. The summed E-state index contributed by atoms with van der Waals surface area (Å²) in [6.07, 6.45) is 9.47. The molecule has 1 aromatic heterocycles. The number of pyridine rings is 1. The van der Waals surface area contributed by atoms with Crippen LogP contribution in [0.4, 0.5) is 0 Å². The third-order valence-electron chi connectivity index (χ3n) is 3.25. The Labute approximate surface area is 95.8 Å². The summed E-state index contributed by atoms with van der Waals surface area (Å²) in [5, 5.41) is 1.24. The molecule has 1 heterocycles. The average molecular weight is 209 g/mol. The van der Waals surface area contributed by atoms with Gasteiger partial charge in [-0.15, -0.1) is 0 Å². The molecular weight excluding hydrogens is 194 g/mol. The molecule has 0 fully saturated rings. The van der Waals surface area contributed by atoms with Crippen molar-refractivity contribution in [3.8, 4) is 0 Å². The Hall–Kier alpha value is -1.63. The van der Waals surface area contributed by atoms with Crippen LogP contribution in [0.15, 0.2) is 42.6 Å². The zero-order valence-electron chi connectivity index (χ0n) is 9.32. The molecule has 0 radical (unpaired) electrons. The number of benzene rings is 1. The Kier molecular flexibility index (Phi) is 2.45. The fraction of sp³-hybridized carbons (Fsp3) is 0.267. The van der Waals surface area contributed by atoms with E-state index >= 15 is 0 Å². The number of hydrogen-bond donors (Lipinski definition) is 0. The molecule has 0 aliphatic heterocycles. The molecule has 1 heteroatoms. The largest absolute Gasteiger partial charge is 0.256 e. The smallest absolute Gasteiger partial charge is 0.0702 e. The van der Waals surface area contributed by atoms with Crippen molar-refractivity contribution < 1.29 is 0 Å². The van der Waals surface area contributed by atoms with Crippen LogP contribution in [0.5, 0.6) is 0 Å². The minimum absolute atomic E-state index is 1.09. The van der Waals surface area contributed by atoms with E-state index in [9.17, 15) is 0 Å². The maximum Gasteiger partial charge on any atom is 0.0702 e. The molecule has 0 spiro atoms. The van der Waals surface area contributed by atoms with Gasteiger partial charge in [0.2, 0.25) is 0 Å². The number of para-hydroxylation sites is 1. The summed E-state index contributed by atoms with van der Waals surface area (Å²) in [7, 11) is 0. The number of aromatic nitrogens is 1. The molecule has 0 atom stereocenters. The minimum Gasteiger partial charge on any atom is -0.256 e. The first-order valence-corrected chi connectivity index (χ1v) is 5.98. The highest BCUT2D eigenvalue weighted by Crippen LogP contribution is 2.27. The molecule has 80 valence electrons. The van der Waals surface area contributed by atoms with Crippen molar-refractivity contribution in [2.75, 3.05) is 0 Å². The summed E-state index contributed by atoms with van der Waals surface area (Å²) in [6, 6.07) is 10.6. The Morgan fingerprint density at radius 1 is 1.06 bits per heavy atom. The molecule has 1 aromatic carbocycles. The molecule has 1 aliphatic rings. The van der Waals surface area contributed by atoms with Gasteiger partial charge in [0.05, 0.1) is 5.52 Å². The van der Waals surface area contributed by atoms with Gasteiger partial charge in [-0.1, -0.05) is 24.3 Å². The fourth-order valence-corrected chi connectivity index (χ4v) is 2.35. The molecule has 1 aliphatic carbocycles. The van der Waals surface area contributed by atoms with Gasteiger partial charge in [-0.25, -0.2) is 0 Å². The summed E-state index contributed by atoms with van der Waals surface area (Å²) in [5.74, 6) is 0. The Balaban J connectivity index is 2.07. The van der Waals surface area contributed by atoms with Crippen molar-refractivity contribution in [1.29, 1.82) is 0 Å². The molecule has 0 bridgehead atoms. The summed E-state index contributed by atoms with van der Waals surface area (Å²) in [6.45, 7) is 0. The van der Waals surface area contributed by atoms with Gasteiger partial charge in [0.25, 0.3) is 0 Å². The quantitative estimate of drug-likeness (QED) is 0.686. The Morgan fingerprint density at radius 2 is 2.00 bits per heavy atom. The summed E-state index contributed by atoms with van der Waals surface area (Å²) in [5.41, 5.74) is 3.87. The van der Waals surface area contributed by atoms with Gasteiger partial charge in [-0.05, 0) is 49.0 Å². The number of fused-ring (bicyclic) bond motifs is 1. The maximum atomic E-state index is 4.52. The van der Waals surface area contributed by atoms with E-state index in [2.05, 4.69) is 35.3 Å². The zero-order valence-corrected chi connectivity index (χ0v) is 9.32. The highest BCUT2D eigenvalue weighted by atomic mass is 14.6. The van der Waals surface area contributed by atoms with E-state index in [4.69, 9.17) is 0 Å². The fourth-order valence-electron chi connectivity index (χ4n) is 2.35. The summed E-state index contributed by atoms with van der Waals surface area (Å²) < 4.78 is 0. The molecule has 0 saturated carbocycles. The summed E-state index contributed by atoms with van der Waals surface area (Å²) in [4.78, 5) is 4.52. The first-order valence-electron chi connectivity index (χ1n) is 5.98. The van der Waals surface area contributed by atoms with E-state index in [0.717, 1.165) is 5.52 Å². The van der Waals surface area contributed by atoms with Crippen molar-refractivity contribution in [2.24, 2.45) is 0 Å². The molecule has 0 unspecified atom stereocenters. The molecule has 0 saturated heterocycles. The second-order valence-corrected chi connectivity index (χ2v) is 4.39.